The van der Waals surface area contributed by atoms with E-state index in [1.807, 2.05) is 0 Å². The molecule has 0 aliphatic rings. The molecule has 0 fully saturated rings. The molecule has 2 rings (SSSR count). The van der Waals surface area contributed by atoms with Crippen LogP contribution >= 0.6 is 12.4 Å². The van der Waals surface area contributed by atoms with Crippen LogP contribution in [0.25, 0.3) is 0 Å². The normalized spacial score (nSPS) is 9.83. The van der Waals surface area contributed by atoms with Crippen LogP contribution in [0, 0.1) is 6.92 Å². The Morgan fingerprint density at radius 1 is 1.30 bits per heavy atom. The zero-order valence-electron chi connectivity index (χ0n) is 12.9. The molecule has 1 heterocycles. The zero-order valence-corrected chi connectivity index (χ0v) is 13.7. The Labute approximate surface area is 140 Å². The van der Waals surface area contributed by atoms with Gasteiger partial charge in [-0.15, -0.1) is 12.4 Å². The SMILES string of the molecule is Cc1cc(NC(=O)CN(C)C(=O)Cc2ccc(N)cc2)no1.Cl. The summed E-state index contributed by atoms with van der Waals surface area (Å²) >= 11 is 0. The lowest BCUT2D eigenvalue weighted by atomic mass is 10.1. The number of likely N-dealkylation sites (N-methyl/N-ethyl adjacent to an activating group) is 1. The fraction of sp³-hybridized carbons (Fsp3) is 0.267. The predicted molar refractivity (Wildman–Crippen MR) is 89.3 cm³/mol. The summed E-state index contributed by atoms with van der Waals surface area (Å²) in [5, 5.41) is 6.23. The number of rotatable bonds is 5. The second kappa shape index (κ2) is 8.19. The van der Waals surface area contributed by atoms with Gasteiger partial charge in [-0.05, 0) is 24.6 Å². The van der Waals surface area contributed by atoms with E-state index in [-0.39, 0.29) is 37.2 Å². The molecule has 124 valence electrons. The fourth-order valence-electron chi connectivity index (χ4n) is 1.86. The molecule has 7 nitrogen and oxygen atoms in total. The number of carbonyl (C=O) groups excluding carboxylic acids is 2. The maximum atomic E-state index is 12.1. The van der Waals surface area contributed by atoms with Crippen molar-refractivity contribution in [2.24, 2.45) is 0 Å². The Hall–Kier alpha value is -2.54. The van der Waals surface area contributed by atoms with Gasteiger partial charge >= 0.3 is 0 Å². The zero-order chi connectivity index (χ0) is 16.1. The smallest absolute Gasteiger partial charge is 0.245 e. The van der Waals surface area contributed by atoms with Gasteiger partial charge in [-0.3, -0.25) is 9.59 Å². The van der Waals surface area contributed by atoms with E-state index >= 15 is 0 Å². The molecule has 23 heavy (non-hydrogen) atoms. The molecular weight excluding hydrogens is 320 g/mol. The number of carbonyl (C=O) groups is 2. The van der Waals surface area contributed by atoms with Crippen molar-refractivity contribution >= 4 is 35.7 Å². The number of amides is 2. The van der Waals surface area contributed by atoms with Gasteiger partial charge in [0.2, 0.25) is 11.8 Å². The van der Waals surface area contributed by atoms with Gasteiger partial charge in [0.15, 0.2) is 5.82 Å². The first-order valence-corrected chi connectivity index (χ1v) is 6.75. The third-order valence-electron chi connectivity index (χ3n) is 3.04. The number of aryl methyl sites for hydroxylation is 1. The van der Waals surface area contributed by atoms with E-state index < -0.39 is 0 Å². The Balaban J connectivity index is 0.00000264. The predicted octanol–water partition coefficient (Wildman–Crippen LogP) is 1.63. The molecule has 0 aliphatic heterocycles. The minimum Gasteiger partial charge on any atom is -0.399 e. The number of aromatic nitrogens is 1. The molecule has 0 unspecified atom stereocenters. The molecule has 8 heteroatoms. The Morgan fingerprint density at radius 2 is 1.96 bits per heavy atom. The summed E-state index contributed by atoms with van der Waals surface area (Å²) in [5.41, 5.74) is 7.09. The number of nitrogens with zero attached hydrogens (tertiary/aromatic N) is 2. The number of nitrogen functional groups attached to an aromatic ring is 1. The van der Waals surface area contributed by atoms with Gasteiger partial charge in [-0.25, -0.2) is 0 Å². The molecule has 0 saturated heterocycles. The second-order valence-electron chi connectivity index (χ2n) is 5.04. The number of nitrogens with two attached hydrogens (primary N) is 1. The first kappa shape index (κ1) is 18.5. The minimum atomic E-state index is -0.332. The van der Waals surface area contributed by atoms with Gasteiger partial charge < -0.3 is 20.5 Å². The van der Waals surface area contributed by atoms with Crippen LogP contribution in [0.15, 0.2) is 34.9 Å². The highest BCUT2D eigenvalue weighted by Gasteiger charge is 2.14. The summed E-state index contributed by atoms with van der Waals surface area (Å²) in [6, 6.07) is 8.66. The van der Waals surface area contributed by atoms with Crippen molar-refractivity contribution in [2.75, 3.05) is 24.6 Å². The fourth-order valence-corrected chi connectivity index (χ4v) is 1.86. The maximum absolute atomic E-state index is 12.1. The summed E-state index contributed by atoms with van der Waals surface area (Å²) in [7, 11) is 1.58. The molecule has 2 amide bonds. The Bertz CT molecular complexity index is 670. The van der Waals surface area contributed by atoms with Crippen LogP contribution in [-0.2, 0) is 16.0 Å². The van der Waals surface area contributed by atoms with Crippen molar-refractivity contribution in [1.29, 1.82) is 0 Å². The van der Waals surface area contributed by atoms with E-state index in [4.69, 9.17) is 10.3 Å². The largest absolute Gasteiger partial charge is 0.399 e. The second-order valence-corrected chi connectivity index (χ2v) is 5.04. The molecule has 0 bridgehead atoms. The maximum Gasteiger partial charge on any atom is 0.245 e. The third-order valence-corrected chi connectivity index (χ3v) is 3.04. The monoisotopic (exact) mass is 338 g/mol. The van der Waals surface area contributed by atoms with Gasteiger partial charge in [-0.2, -0.15) is 0 Å². The van der Waals surface area contributed by atoms with Crippen LogP contribution in [0.5, 0.6) is 0 Å². The van der Waals surface area contributed by atoms with Gasteiger partial charge in [-0.1, -0.05) is 17.3 Å². The van der Waals surface area contributed by atoms with Crippen molar-refractivity contribution < 1.29 is 14.1 Å². The number of benzene rings is 1. The van der Waals surface area contributed by atoms with Gasteiger partial charge in [0, 0.05) is 18.8 Å². The lowest BCUT2D eigenvalue weighted by Crippen LogP contribution is -2.35. The summed E-state index contributed by atoms with van der Waals surface area (Å²) in [6.45, 7) is 1.67. The first-order chi connectivity index (χ1) is 10.4. The molecule has 0 atom stereocenters. The average molecular weight is 339 g/mol. The Kier molecular flexibility index (Phi) is 6.59. The Morgan fingerprint density at radius 3 is 2.52 bits per heavy atom. The number of nitrogens with one attached hydrogen (secondary N) is 1. The quantitative estimate of drug-likeness (QED) is 0.807. The summed E-state index contributed by atoms with van der Waals surface area (Å²) in [6.07, 6.45) is 0.215. The topological polar surface area (TPSA) is 101 Å². The molecule has 0 saturated carbocycles. The molecule has 1 aromatic carbocycles. The van der Waals surface area contributed by atoms with Crippen molar-refractivity contribution in [3.8, 4) is 0 Å². The van der Waals surface area contributed by atoms with E-state index in [0.29, 0.717) is 17.3 Å². The molecule has 0 radical (unpaired) electrons. The van der Waals surface area contributed by atoms with Crippen molar-refractivity contribution in [3.05, 3.63) is 41.7 Å². The van der Waals surface area contributed by atoms with E-state index in [2.05, 4.69) is 10.5 Å². The highest BCUT2D eigenvalue weighted by Crippen LogP contribution is 2.08. The highest BCUT2D eigenvalue weighted by molar-refractivity contribution is 5.94. The van der Waals surface area contributed by atoms with E-state index in [0.717, 1.165) is 5.56 Å². The molecule has 0 aliphatic carbocycles. The van der Waals surface area contributed by atoms with Gasteiger partial charge in [0.25, 0.3) is 0 Å². The summed E-state index contributed by atoms with van der Waals surface area (Å²) < 4.78 is 4.85. The number of halogens is 1. The number of hydrogen-bond donors (Lipinski definition) is 2. The minimum absolute atomic E-state index is 0. The van der Waals surface area contributed by atoms with Gasteiger partial charge in [0.05, 0.1) is 13.0 Å². The van der Waals surface area contributed by atoms with Crippen LogP contribution in [0.1, 0.15) is 11.3 Å². The summed E-state index contributed by atoms with van der Waals surface area (Å²) in [4.78, 5) is 25.3. The van der Waals surface area contributed by atoms with Gasteiger partial charge in [0.1, 0.15) is 5.76 Å². The van der Waals surface area contributed by atoms with E-state index in [1.54, 1.807) is 44.3 Å². The number of hydrogen-bond acceptors (Lipinski definition) is 5. The van der Waals surface area contributed by atoms with E-state index in [1.165, 1.54) is 4.90 Å². The molecule has 3 N–H and O–H groups in total. The third kappa shape index (κ3) is 5.63. The average Bonchev–Trinajstić information content (AvgIpc) is 2.86. The first-order valence-electron chi connectivity index (χ1n) is 6.75. The lowest BCUT2D eigenvalue weighted by Gasteiger charge is -2.16. The lowest BCUT2D eigenvalue weighted by molar-refractivity contribution is -0.132. The molecule has 0 spiro atoms. The van der Waals surface area contributed by atoms with Crippen LogP contribution < -0.4 is 11.1 Å². The summed E-state index contributed by atoms with van der Waals surface area (Å²) in [5.74, 6) is 0.447. The van der Waals surface area contributed by atoms with Crippen LogP contribution in [0.3, 0.4) is 0 Å². The van der Waals surface area contributed by atoms with E-state index in [9.17, 15) is 9.59 Å². The van der Waals surface area contributed by atoms with Crippen molar-refractivity contribution in [2.45, 2.75) is 13.3 Å². The standard InChI is InChI=1S/C15H18N4O3.ClH/c1-10-7-13(18-22-10)17-14(20)9-19(2)15(21)8-11-3-5-12(16)6-4-11;/h3-7H,8-9,16H2,1-2H3,(H,17,18,20);1H. The highest BCUT2D eigenvalue weighted by atomic mass is 35.5. The van der Waals surface area contributed by atoms with Crippen LogP contribution in [0.2, 0.25) is 0 Å². The molecule has 2 aromatic rings. The van der Waals surface area contributed by atoms with Crippen LogP contribution in [-0.4, -0.2) is 35.5 Å². The number of anilines is 2. The van der Waals surface area contributed by atoms with Crippen molar-refractivity contribution in [3.63, 3.8) is 0 Å². The molecule has 1 aromatic heterocycles. The van der Waals surface area contributed by atoms with Crippen LogP contribution in [0.4, 0.5) is 11.5 Å². The van der Waals surface area contributed by atoms with Crippen molar-refractivity contribution in [1.82, 2.24) is 10.1 Å². The molecular formula is C15H19ClN4O3.